The highest BCUT2D eigenvalue weighted by Gasteiger charge is 2.39. The van der Waals surface area contributed by atoms with E-state index in [1.54, 1.807) is 0 Å². The second-order valence-corrected chi connectivity index (χ2v) is 34.2. The average Bonchev–Trinajstić information content (AvgIpc) is 1.35. The second-order valence-electron chi connectivity index (χ2n) is 32.1. The number of hydrogen-bond acceptors (Lipinski definition) is 4. The Labute approximate surface area is 685 Å². The standard InChI is InChI=1S/C112H78N2S2/c1-111(2)97-43-18-11-37-92(97)108-90(41-26-45-99(108)111)85-33-14-21-48-102(85)113(78-59-52-71(53-60-78)76-58-67-106-94(68-76)87-35-16-23-50-104(87)115-106)79-63-56-75(57-64-79)82-39-25-40-89-84(66-65-83(107(82)89)74-30-9-6-10-31-74)95-69-77(70-96-88-36-17-24-51-105(88)116-110(95)96)72-54-61-80(62-55-72)114(101-47-20-13-32-81(101)73-28-7-5-8-29-73)103-49-22-15-34-86(103)91-42-27-46-100-109(91)93-38-12-19-44-98(93)112(100,3)4/h5-70H,1-4H3. The molecular weight excluding hydrogens is 1440 g/mol. The van der Waals surface area contributed by atoms with Crippen LogP contribution in [-0.2, 0) is 10.8 Å². The molecule has 0 amide bonds. The number of rotatable bonds is 14. The molecule has 18 aromatic carbocycles. The van der Waals surface area contributed by atoms with Gasteiger partial charge >= 0.3 is 0 Å². The fourth-order valence-electron chi connectivity index (χ4n) is 19.4. The molecule has 20 aromatic rings. The van der Waals surface area contributed by atoms with Crippen LogP contribution in [0.25, 0.3) is 162 Å². The molecule has 2 nitrogen and oxygen atoms in total. The minimum atomic E-state index is -0.153. The molecule has 2 aromatic heterocycles. The Kier molecular flexibility index (Phi) is 16.4. The Balaban J connectivity index is 0.684. The van der Waals surface area contributed by atoms with Crippen LogP contribution in [0.4, 0.5) is 34.1 Å². The molecule has 116 heavy (non-hydrogen) atoms. The van der Waals surface area contributed by atoms with Crippen LogP contribution >= 0.6 is 22.7 Å². The van der Waals surface area contributed by atoms with Gasteiger partial charge < -0.3 is 9.80 Å². The summed E-state index contributed by atoms with van der Waals surface area (Å²) >= 11 is 3.75. The maximum absolute atomic E-state index is 2.50. The lowest BCUT2D eigenvalue weighted by Gasteiger charge is -2.30. The molecule has 0 atom stereocenters. The zero-order valence-electron chi connectivity index (χ0n) is 64.8. The van der Waals surface area contributed by atoms with Crippen LogP contribution in [0, 0.1) is 0 Å². The van der Waals surface area contributed by atoms with Crippen LogP contribution in [0.1, 0.15) is 49.9 Å². The van der Waals surface area contributed by atoms with Gasteiger partial charge in [-0.3, -0.25) is 0 Å². The van der Waals surface area contributed by atoms with Crippen LogP contribution in [0.3, 0.4) is 0 Å². The van der Waals surface area contributed by atoms with Gasteiger partial charge in [0.05, 0.1) is 17.1 Å². The zero-order chi connectivity index (χ0) is 77.3. The van der Waals surface area contributed by atoms with Gasteiger partial charge in [-0.15, -0.1) is 22.7 Å². The predicted octanol–water partition coefficient (Wildman–Crippen LogP) is 32.5. The van der Waals surface area contributed by atoms with Crippen molar-refractivity contribution in [3.05, 3.63) is 423 Å². The molecule has 0 bridgehead atoms. The van der Waals surface area contributed by atoms with Gasteiger partial charge in [0.1, 0.15) is 0 Å². The van der Waals surface area contributed by atoms with Gasteiger partial charge in [-0.1, -0.05) is 337 Å². The summed E-state index contributed by atoms with van der Waals surface area (Å²) < 4.78 is 5.16. The summed E-state index contributed by atoms with van der Waals surface area (Å²) in [6.07, 6.45) is 0. The molecule has 0 radical (unpaired) electrons. The third-order valence-corrected chi connectivity index (χ3v) is 27.3. The largest absolute Gasteiger partial charge is 0.310 e. The van der Waals surface area contributed by atoms with E-state index >= 15 is 0 Å². The lowest BCUT2D eigenvalue weighted by Crippen LogP contribution is -2.15. The zero-order valence-corrected chi connectivity index (χ0v) is 66.4. The van der Waals surface area contributed by atoms with E-state index in [-0.39, 0.29) is 10.8 Å². The lowest BCUT2D eigenvalue weighted by molar-refractivity contribution is 0.660. The van der Waals surface area contributed by atoms with Crippen molar-refractivity contribution in [3.63, 3.8) is 0 Å². The number of anilines is 6. The number of thiophene rings is 2. The van der Waals surface area contributed by atoms with E-state index in [2.05, 4.69) is 438 Å². The first-order chi connectivity index (χ1) is 57.1. The summed E-state index contributed by atoms with van der Waals surface area (Å²) in [6.45, 7) is 9.50. The maximum atomic E-state index is 2.50. The van der Waals surface area contributed by atoms with E-state index in [0.717, 1.165) is 61.9 Å². The van der Waals surface area contributed by atoms with E-state index in [0.29, 0.717) is 0 Å². The van der Waals surface area contributed by atoms with Crippen LogP contribution < -0.4 is 9.80 Å². The Morgan fingerprint density at radius 1 is 0.198 bits per heavy atom. The van der Waals surface area contributed by atoms with Crippen molar-refractivity contribution in [2.45, 2.75) is 38.5 Å². The Morgan fingerprint density at radius 3 is 1.16 bits per heavy atom. The first-order valence-electron chi connectivity index (χ1n) is 40.3. The summed E-state index contributed by atoms with van der Waals surface area (Å²) in [5.74, 6) is 0. The first kappa shape index (κ1) is 69.0. The van der Waals surface area contributed by atoms with Crippen LogP contribution in [0.2, 0.25) is 0 Å². The fraction of sp³-hybridized carbons (Fsp3) is 0.0536. The number of fused-ring (bicyclic) bond motifs is 13. The smallest absolute Gasteiger partial charge is 0.0540 e. The Hall–Kier alpha value is -13.7. The van der Waals surface area contributed by atoms with Crippen molar-refractivity contribution in [1.82, 2.24) is 0 Å². The quantitative estimate of drug-likeness (QED) is 0.107. The van der Waals surface area contributed by atoms with Crippen molar-refractivity contribution >= 4 is 108 Å². The highest BCUT2D eigenvalue weighted by molar-refractivity contribution is 7.26. The van der Waals surface area contributed by atoms with Crippen molar-refractivity contribution in [1.29, 1.82) is 0 Å². The summed E-state index contributed by atoms with van der Waals surface area (Å²) in [5.41, 5.74) is 35.8. The molecule has 0 unspecified atom stereocenters. The van der Waals surface area contributed by atoms with E-state index < -0.39 is 0 Å². The molecule has 0 saturated carbocycles. The van der Waals surface area contributed by atoms with Gasteiger partial charge in [0, 0.05) is 90.5 Å². The number of nitrogens with zero attached hydrogens (tertiary/aromatic N) is 2. The van der Waals surface area contributed by atoms with Gasteiger partial charge in [0.15, 0.2) is 0 Å². The van der Waals surface area contributed by atoms with Crippen molar-refractivity contribution in [2.24, 2.45) is 0 Å². The van der Waals surface area contributed by atoms with Crippen LogP contribution in [-0.4, -0.2) is 0 Å². The molecule has 0 saturated heterocycles. The summed E-state index contributed by atoms with van der Waals surface area (Å²) in [5, 5.41) is 7.53. The van der Waals surface area contributed by atoms with Crippen LogP contribution in [0.5, 0.6) is 0 Å². The second kappa shape index (κ2) is 27.5. The molecule has 2 heterocycles. The molecule has 0 fully saturated rings. The molecule has 22 rings (SSSR count). The Bertz CT molecular complexity index is 7310. The predicted molar refractivity (Wildman–Crippen MR) is 498 cm³/mol. The van der Waals surface area contributed by atoms with Gasteiger partial charge in [-0.2, -0.15) is 0 Å². The lowest BCUT2D eigenvalue weighted by atomic mass is 9.82. The minimum Gasteiger partial charge on any atom is -0.310 e. The third kappa shape index (κ3) is 11.2. The highest BCUT2D eigenvalue weighted by Crippen LogP contribution is 2.58. The van der Waals surface area contributed by atoms with Gasteiger partial charge in [0.2, 0.25) is 0 Å². The first-order valence-corrected chi connectivity index (χ1v) is 41.9. The highest BCUT2D eigenvalue weighted by atomic mass is 32.1. The monoisotopic (exact) mass is 1510 g/mol. The number of hydrogen-bond donors (Lipinski definition) is 0. The summed E-state index contributed by atoms with van der Waals surface area (Å²) in [7, 11) is 0. The molecule has 2 aliphatic carbocycles. The molecule has 2 aliphatic rings. The molecule has 548 valence electrons. The van der Waals surface area contributed by atoms with E-state index in [9.17, 15) is 0 Å². The SMILES string of the molecule is CC1(C)c2ccccc2-c2c(-c3ccccc3N(c3ccc(-c4ccc5sc6ccccc6c5c4)cc3)c3ccc(-c4cccc5c(-c6cc(-c7ccc(N(c8ccccc8-c8ccccc8)c8ccccc8-c8cccc9c8-c8ccccc8C9(C)C)cc7)cc7c6sc6ccccc67)ccc(-c6ccccc6)c45)cc3)cccc21. The topological polar surface area (TPSA) is 6.48 Å². The van der Waals surface area contributed by atoms with Gasteiger partial charge in [-0.25, -0.2) is 0 Å². The normalized spacial score (nSPS) is 13.0. The molecule has 0 spiro atoms. The summed E-state index contributed by atoms with van der Waals surface area (Å²) in [4.78, 5) is 4.98. The van der Waals surface area contributed by atoms with Crippen molar-refractivity contribution in [3.8, 4) is 111 Å². The maximum Gasteiger partial charge on any atom is 0.0540 e. The fourth-order valence-corrected chi connectivity index (χ4v) is 21.7. The minimum absolute atomic E-state index is 0.148. The van der Waals surface area contributed by atoms with Gasteiger partial charge in [0.25, 0.3) is 0 Å². The van der Waals surface area contributed by atoms with E-state index in [4.69, 9.17) is 0 Å². The summed E-state index contributed by atoms with van der Waals surface area (Å²) in [6, 6.07) is 150. The molecular formula is C112H78N2S2. The van der Waals surface area contributed by atoms with Crippen molar-refractivity contribution in [2.75, 3.05) is 9.80 Å². The molecule has 0 aliphatic heterocycles. The molecule has 4 heteroatoms. The third-order valence-electron chi connectivity index (χ3n) is 24.9. The van der Waals surface area contributed by atoms with E-state index in [1.165, 1.54) is 157 Å². The number of para-hydroxylation sites is 3. The van der Waals surface area contributed by atoms with Gasteiger partial charge in [-0.05, 0) is 213 Å². The molecule has 0 N–H and O–H groups in total. The van der Waals surface area contributed by atoms with E-state index in [1.807, 2.05) is 22.7 Å². The Morgan fingerprint density at radius 2 is 0.569 bits per heavy atom. The van der Waals surface area contributed by atoms with Crippen molar-refractivity contribution < 1.29 is 0 Å². The number of benzene rings is 18. The van der Waals surface area contributed by atoms with Crippen LogP contribution in [0.15, 0.2) is 400 Å². The average molecular weight is 1520 g/mol.